The van der Waals surface area contributed by atoms with E-state index in [0.29, 0.717) is 36.3 Å². The summed E-state index contributed by atoms with van der Waals surface area (Å²) in [5.41, 5.74) is -0.302. The van der Waals surface area contributed by atoms with Crippen LogP contribution in [0.1, 0.15) is 57.3 Å². The number of rotatable bonds is 4. The van der Waals surface area contributed by atoms with Gasteiger partial charge in [-0.25, -0.2) is 19.0 Å². The molecule has 30 heavy (non-hydrogen) atoms. The highest BCUT2D eigenvalue weighted by atomic mass is 16.6. The molecule has 0 aromatic carbocycles. The molecule has 2 atom stereocenters. The van der Waals surface area contributed by atoms with Gasteiger partial charge >= 0.3 is 6.09 Å². The van der Waals surface area contributed by atoms with Crippen LogP contribution in [0.25, 0.3) is 5.65 Å². The Morgan fingerprint density at radius 1 is 1.30 bits per heavy atom. The summed E-state index contributed by atoms with van der Waals surface area (Å²) in [6.07, 6.45) is 2.34. The van der Waals surface area contributed by atoms with Gasteiger partial charge in [-0.05, 0) is 33.6 Å². The van der Waals surface area contributed by atoms with Gasteiger partial charge in [0.25, 0.3) is 5.56 Å². The first-order chi connectivity index (χ1) is 15.3. The maximum atomic E-state index is 12.9. The SMILES string of the molecule is [2H]C([2H])([2H])n1c(=O)cc(N2C[C@@H](CC)N(C(=O)OC(C)(C)C)C[C@@H]2CC)c2nc(CO)cn21. The van der Waals surface area contributed by atoms with Crippen LogP contribution in [0.3, 0.4) is 0 Å². The van der Waals surface area contributed by atoms with Crippen molar-refractivity contribution < 1.29 is 18.8 Å². The Hall–Kier alpha value is -2.55. The number of amides is 1. The van der Waals surface area contributed by atoms with Gasteiger partial charge in [-0.3, -0.25) is 4.79 Å². The van der Waals surface area contributed by atoms with Crippen LogP contribution in [0, 0.1) is 0 Å². The van der Waals surface area contributed by atoms with E-state index in [2.05, 4.69) is 4.98 Å². The molecule has 9 heteroatoms. The number of imidazole rings is 1. The summed E-state index contributed by atoms with van der Waals surface area (Å²) in [6, 6.07) is 0.982. The summed E-state index contributed by atoms with van der Waals surface area (Å²) < 4.78 is 30.8. The zero-order valence-corrected chi connectivity index (χ0v) is 18.3. The number of hydrogen-bond donors (Lipinski definition) is 1. The molecule has 9 nitrogen and oxygen atoms in total. The van der Waals surface area contributed by atoms with Crippen molar-refractivity contribution in [2.75, 3.05) is 18.0 Å². The van der Waals surface area contributed by atoms with Gasteiger partial charge in [-0.2, -0.15) is 0 Å². The first-order valence-corrected chi connectivity index (χ1v) is 10.3. The number of aromatic nitrogens is 3. The van der Waals surface area contributed by atoms with Gasteiger partial charge in [0.15, 0.2) is 5.65 Å². The summed E-state index contributed by atoms with van der Waals surface area (Å²) in [4.78, 5) is 33.9. The average molecular weight is 423 g/mol. The number of aliphatic hydroxyl groups excluding tert-OH is 1. The molecule has 1 N–H and O–H groups in total. The standard InChI is InChI=1S/C21H33N5O4/c1-7-15-12-25(20(29)30-21(3,4)5)16(8-2)11-24(15)17-9-18(28)23(6)26-10-14(13-27)22-19(17)26/h9-10,15-16,27H,7-8,11-13H2,1-6H3/t15-,16+/m0/s1/i6D3. The first-order valence-electron chi connectivity index (χ1n) is 11.8. The molecule has 0 aliphatic carbocycles. The number of piperazine rings is 1. The largest absolute Gasteiger partial charge is 0.444 e. The topological polar surface area (TPSA) is 92.3 Å². The van der Waals surface area contributed by atoms with Crippen molar-refractivity contribution in [3.63, 3.8) is 0 Å². The van der Waals surface area contributed by atoms with Crippen LogP contribution < -0.4 is 10.5 Å². The molecule has 3 heterocycles. The predicted molar refractivity (Wildman–Crippen MR) is 115 cm³/mol. The Labute approximate surface area is 181 Å². The number of fused-ring (bicyclic) bond motifs is 1. The third-order valence-electron chi connectivity index (χ3n) is 5.39. The molecule has 3 rings (SSSR count). The number of ether oxygens (including phenoxy) is 1. The van der Waals surface area contributed by atoms with Crippen molar-refractivity contribution >= 4 is 17.4 Å². The Morgan fingerprint density at radius 2 is 2.00 bits per heavy atom. The van der Waals surface area contributed by atoms with E-state index >= 15 is 0 Å². The summed E-state index contributed by atoms with van der Waals surface area (Å²) in [5.74, 6) is 0. The number of anilines is 1. The van der Waals surface area contributed by atoms with Crippen molar-refractivity contribution in [1.82, 2.24) is 19.1 Å². The lowest BCUT2D eigenvalue weighted by molar-refractivity contribution is 0.00989. The van der Waals surface area contributed by atoms with Crippen LogP contribution in [0.15, 0.2) is 17.1 Å². The lowest BCUT2D eigenvalue weighted by Gasteiger charge is -2.47. The predicted octanol–water partition coefficient (Wildman–Crippen LogP) is 2.14. The molecule has 1 aliphatic heterocycles. The highest BCUT2D eigenvalue weighted by molar-refractivity contribution is 5.72. The van der Waals surface area contributed by atoms with Crippen molar-refractivity contribution in [1.29, 1.82) is 0 Å². The third kappa shape index (κ3) is 4.16. The highest BCUT2D eigenvalue weighted by Gasteiger charge is 2.38. The van der Waals surface area contributed by atoms with Crippen molar-refractivity contribution in [3.8, 4) is 0 Å². The molecule has 2 aromatic rings. The van der Waals surface area contributed by atoms with Gasteiger partial charge < -0.3 is 19.6 Å². The minimum atomic E-state index is -2.72. The Balaban J connectivity index is 2.09. The second-order valence-corrected chi connectivity index (χ2v) is 8.65. The molecule has 1 aliphatic rings. The van der Waals surface area contributed by atoms with E-state index in [0.717, 1.165) is 0 Å². The lowest BCUT2D eigenvalue weighted by atomic mass is 10.0. The molecule has 1 amide bonds. The number of hydrogen-bond acceptors (Lipinski definition) is 6. The molecule has 2 aromatic heterocycles. The normalized spacial score (nSPS) is 22.0. The zero-order chi connectivity index (χ0) is 24.7. The maximum Gasteiger partial charge on any atom is 0.410 e. The first kappa shape index (κ1) is 18.2. The van der Waals surface area contributed by atoms with Crippen molar-refractivity contribution in [3.05, 3.63) is 28.3 Å². The minimum Gasteiger partial charge on any atom is -0.444 e. The molecule has 0 unspecified atom stereocenters. The summed E-state index contributed by atoms with van der Waals surface area (Å²) in [7, 11) is 0. The quantitative estimate of drug-likeness (QED) is 0.812. The number of aryl methyl sites for hydroxylation is 1. The molecule has 0 saturated carbocycles. The summed E-state index contributed by atoms with van der Waals surface area (Å²) >= 11 is 0. The van der Waals surface area contributed by atoms with Gasteiger partial charge in [-0.1, -0.05) is 13.8 Å². The van der Waals surface area contributed by atoms with E-state index in [1.807, 2.05) is 39.5 Å². The molecule has 166 valence electrons. The molecule has 0 spiro atoms. The van der Waals surface area contributed by atoms with Crippen LogP contribution in [0.4, 0.5) is 10.5 Å². The Bertz CT molecular complexity index is 1070. The molecule has 1 fully saturated rings. The van der Waals surface area contributed by atoms with Crippen LogP contribution in [-0.2, 0) is 18.3 Å². The number of nitrogens with zero attached hydrogens (tertiary/aromatic N) is 5. The number of carbonyl (C=O) groups is 1. The second kappa shape index (κ2) is 8.29. The fraction of sp³-hybridized carbons (Fsp3) is 0.667. The van der Waals surface area contributed by atoms with E-state index in [9.17, 15) is 14.7 Å². The molecular formula is C21H33N5O4. The monoisotopic (exact) mass is 422 g/mol. The fourth-order valence-corrected chi connectivity index (χ4v) is 3.87. The third-order valence-corrected chi connectivity index (χ3v) is 5.39. The van der Waals surface area contributed by atoms with E-state index < -0.39 is 24.7 Å². The number of aliphatic hydroxyl groups is 1. The van der Waals surface area contributed by atoms with Gasteiger partial charge in [0, 0.05) is 36.3 Å². The molecule has 0 bridgehead atoms. The van der Waals surface area contributed by atoms with E-state index in [1.54, 1.807) is 4.90 Å². The highest BCUT2D eigenvalue weighted by Crippen LogP contribution is 2.29. The van der Waals surface area contributed by atoms with Crippen LogP contribution >= 0.6 is 0 Å². The van der Waals surface area contributed by atoms with Gasteiger partial charge in [-0.15, -0.1) is 0 Å². The average Bonchev–Trinajstić information content (AvgIpc) is 3.13. The van der Waals surface area contributed by atoms with Crippen LogP contribution in [-0.4, -0.2) is 61.1 Å². The summed E-state index contributed by atoms with van der Waals surface area (Å²) in [5, 5.41) is 9.59. The maximum absolute atomic E-state index is 12.9. The van der Waals surface area contributed by atoms with Gasteiger partial charge in [0.1, 0.15) is 5.60 Å². The van der Waals surface area contributed by atoms with E-state index in [4.69, 9.17) is 8.85 Å². The zero-order valence-electron chi connectivity index (χ0n) is 21.3. The van der Waals surface area contributed by atoms with Crippen LogP contribution in [0.2, 0.25) is 0 Å². The van der Waals surface area contributed by atoms with Crippen molar-refractivity contribution in [2.45, 2.75) is 71.8 Å². The second-order valence-electron chi connectivity index (χ2n) is 8.65. The molecule has 0 radical (unpaired) electrons. The smallest absolute Gasteiger partial charge is 0.410 e. The lowest BCUT2D eigenvalue weighted by Crippen LogP contribution is -2.60. The molecule has 1 saturated heterocycles. The summed E-state index contributed by atoms with van der Waals surface area (Å²) in [6.45, 7) is 7.17. The minimum absolute atomic E-state index is 0.138. The van der Waals surface area contributed by atoms with Crippen LogP contribution in [0.5, 0.6) is 0 Å². The number of carbonyl (C=O) groups excluding carboxylic acids is 1. The Kier molecular flexibility index (Phi) is 5.04. The van der Waals surface area contributed by atoms with E-state index in [-0.39, 0.29) is 29.5 Å². The van der Waals surface area contributed by atoms with E-state index in [1.165, 1.54) is 16.8 Å². The van der Waals surface area contributed by atoms with Gasteiger partial charge in [0.05, 0.1) is 30.2 Å². The van der Waals surface area contributed by atoms with Crippen molar-refractivity contribution in [2.24, 2.45) is 6.98 Å². The Morgan fingerprint density at radius 3 is 2.57 bits per heavy atom. The fourth-order valence-electron chi connectivity index (χ4n) is 3.87. The van der Waals surface area contributed by atoms with Gasteiger partial charge in [0.2, 0.25) is 0 Å². The molecular weight excluding hydrogens is 386 g/mol.